The molecule has 0 saturated carbocycles. The molecular weight excluding hydrogens is 308 g/mol. The van der Waals surface area contributed by atoms with Gasteiger partial charge in [0.05, 0.1) is 0 Å². The first-order chi connectivity index (χ1) is 9.20. The molecule has 0 atom stereocenters. The second kappa shape index (κ2) is 6.29. The van der Waals surface area contributed by atoms with Crippen molar-refractivity contribution in [3.8, 4) is 5.75 Å². The van der Waals surface area contributed by atoms with Crippen molar-refractivity contribution in [2.24, 2.45) is 0 Å². The Labute approximate surface area is 119 Å². The van der Waals surface area contributed by atoms with Crippen LogP contribution in [0, 0.1) is 0 Å². The fourth-order valence-electron chi connectivity index (χ4n) is 1.56. The zero-order valence-corrected chi connectivity index (χ0v) is 11.6. The van der Waals surface area contributed by atoms with Gasteiger partial charge in [-0.3, -0.25) is 9.59 Å². The van der Waals surface area contributed by atoms with Gasteiger partial charge < -0.3 is 4.74 Å². The van der Waals surface area contributed by atoms with Crippen molar-refractivity contribution in [1.82, 2.24) is 0 Å². The molecule has 0 bridgehead atoms. The van der Waals surface area contributed by atoms with Gasteiger partial charge in [-0.2, -0.15) is 0 Å². The molecule has 0 N–H and O–H groups in total. The molecule has 0 saturated heterocycles. The monoisotopic (exact) mass is 318 g/mol. The second-order valence-electron chi connectivity index (χ2n) is 3.88. The number of carbonyl (C=O) groups excluding carboxylic acids is 2. The molecule has 0 aliphatic rings. The smallest absolute Gasteiger partial charge is 0.201 e. The molecule has 0 unspecified atom stereocenters. The standard InChI is InChI=1S/C15H11BrO3/c16-14-4-2-1-3-13(14)15(18)10-19-12-7-5-11(9-17)6-8-12/h1-9H,10H2. The largest absolute Gasteiger partial charge is 0.485 e. The highest BCUT2D eigenvalue weighted by Gasteiger charge is 2.09. The minimum Gasteiger partial charge on any atom is -0.485 e. The Bertz CT molecular complexity index is 591. The summed E-state index contributed by atoms with van der Waals surface area (Å²) >= 11 is 3.33. The molecule has 19 heavy (non-hydrogen) atoms. The van der Waals surface area contributed by atoms with E-state index in [1.165, 1.54) is 0 Å². The van der Waals surface area contributed by atoms with Crippen LogP contribution >= 0.6 is 15.9 Å². The first-order valence-electron chi connectivity index (χ1n) is 5.66. The number of ketones is 1. The van der Waals surface area contributed by atoms with Gasteiger partial charge in [0, 0.05) is 15.6 Å². The van der Waals surface area contributed by atoms with Crippen molar-refractivity contribution in [2.45, 2.75) is 0 Å². The van der Waals surface area contributed by atoms with Crippen LogP contribution in [0.3, 0.4) is 0 Å². The molecule has 0 fully saturated rings. The Hall–Kier alpha value is -1.94. The molecule has 2 aromatic rings. The van der Waals surface area contributed by atoms with Crippen LogP contribution in [0.5, 0.6) is 5.75 Å². The van der Waals surface area contributed by atoms with E-state index in [0.29, 0.717) is 16.9 Å². The summed E-state index contributed by atoms with van der Waals surface area (Å²) in [5, 5.41) is 0. The van der Waals surface area contributed by atoms with E-state index >= 15 is 0 Å². The summed E-state index contributed by atoms with van der Waals surface area (Å²) in [6.45, 7) is -0.0386. The predicted octanol–water partition coefficient (Wildman–Crippen LogP) is 3.52. The van der Waals surface area contributed by atoms with Crippen molar-refractivity contribution in [3.05, 3.63) is 64.1 Å². The number of ether oxygens (including phenoxy) is 1. The Morgan fingerprint density at radius 2 is 1.79 bits per heavy atom. The van der Waals surface area contributed by atoms with Gasteiger partial charge in [-0.05, 0) is 30.3 Å². The predicted molar refractivity (Wildman–Crippen MR) is 75.8 cm³/mol. The minimum atomic E-state index is -0.105. The van der Waals surface area contributed by atoms with E-state index in [4.69, 9.17) is 4.74 Å². The summed E-state index contributed by atoms with van der Waals surface area (Å²) < 4.78 is 6.14. The first kappa shape index (κ1) is 13.5. The highest BCUT2D eigenvalue weighted by Crippen LogP contribution is 2.17. The summed E-state index contributed by atoms with van der Waals surface area (Å²) in [5.41, 5.74) is 1.16. The molecule has 4 heteroatoms. The van der Waals surface area contributed by atoms with Gasteiger partial charge in [0.2, 0.25) is 5.78 Å². The molecular formula is C15H11BrO3. The van der Waals surface area contributed by atoms with Crippen molar-refractivity contribution in [2.75, 3.05) is 6.61 Å². The number of hydrogen-bond acceptors (Lipinski definition) is 3. The maximum atomic E-state index is 12.0. The van der Waals surface area contributed by atoms with Crippen LogP contribution < -0.4 is 4.74 Å². The summed E-state index contributed by atoms with van der Waals surface area (Å²) in [5.74, 6) is 0.456. The van der Waals surface area contributed by atoms with Gasteiger partial charge in [0.25, 0.3) is 0 Å². The third-order valence-corrected chi connectivity index (χ3v) is 3.25. The van der Waals surface area contributed by atoms with Crippen LogP contribution in [0.15, 0.2) is 53.0 Å². The van der Waals surface area contributed by atoms with Crippen LogP contribution in [0.1, 0.15) is 20.7 Å². The molecule has 0 spiro atoms. The number of benzene rings is 2. The van der Waals surface area contributed by atoms with Crippen molar-refractivity contribution >= 4 is 28.0 Å². The number of aldehydes is 1. The van der Waals surface area contributed by atoms with E-state index in [-0.39, 0.29) is 12.4 Å². The third-order valence-electron chi connectivity index (χ3n) is 2.56. The fourth-order valence-corrected chi connectivity index (χ4v) is 2.06. The summed E-state index contributed by atoms with van der Waals surface area (Å²) in [4.78, 5) is 22.5. The van der Waals surface area contributed by atoms with Gasteiger partial charge >= 0.3 is 0 Å². The average Bonchev–Trinajstić information content (AvgIpc) is 2.46. The molecule has 0 aromatic heterocycles. The summed E-state index contributed by atoms with van der Waals surface area (Å²) in [6, 6.07) is 13.8. The third kappa shape index (κ3) is 3.51. The van der Waals surface area contributed by atoms with E-state index in [9.17, 15) is 9.59 Å². The van der Waals surface area contributed by atoms with Crippen molar-refractivity contribution in [1.29, 1.82) is 0 Å². The number of carbonyl (C=O) groups is 2. The molecule has 0 radical (unpaired) electrons. The Balaban J connectivity index is 2.00. The lowest BCUT2D eigenvalue weighted by molar-refractivity contribution is 0.0920. The van der Waals surface area contributed by atoms with Crippen LogP contribution in [-0.2, 0) is 0 Å². The maximum absolute atomic E-state index is 12.0. The van der Waals surface area contributed by atoms with Gasteiger partial charge in [-0.25, -0.2) is 0 Å². The van der Waals surface area contributed by atoms with Crippen LogP contribution in [0.25, 0.3) is 0 Å². The van der Waals surface area contributed by atoms with E-state index in [1.54, 1.807) is 36.4 Å². The van der Waals surface area contributed by atoms with Gasteiger partial charge in [-0.15, -0.1) is 0 Å². The summed E-state index contributed by atoms with van der Waals surface area (Å²) in [6.07, 6.45) is 0.760. The molecule has 0 aliphatic heterocycles. The first-order valence-corrected chi connectivity index (χ1v) is 6.46. The van der Waals surface area contributed by atoms with Crippen LogP contribution in [0.4, 0.5) is 0 Å². The van der Waals surface area contributed by atoms with E-state index in [0.717, 1.165) is 10.8 Å². The van der Waals surface area contributed by atoms with Crippen molar-refractivity contribution < 1.29 is 14.3 Å². The molecule has 2 rings (SSSR count). The number of hydrogen-bond donors (Lipinski definition) is 0. The molecule has 0 heterocycles. The quantitative estimate of drug-likeness (QED) is 0.625. The normalized spacial score (nSPS) is 9.95. The van der Waals surface area contributed by atoms with E-state index in [2.05, 4.69) is 15.9 Å². The lowest BCUT2D eigenvalue weighted by atomic mass is 10.1. The topological polar surface area (TPSA) is 43.4 Å². The van der Waals surface area contributed by atoms with E-state index in [1.807, 2.05) is 12.1 Å². The number of Topliss-reactive ketones (excluding diaryl/α,β-unsaturated/α-hetero) is 1. The lowest BCUT2D eigenvalue weighted by Gasteiger charge is -2.06. The number of halogens is 1. The van der Waals surface area contributed by atoms with E-state index < -0.39 is 0 Å². The summed E-state index contributed by atoms with van der Waals surface area (Å²) in [7, 11) is 0. The Morgan fingerprint density at radius 3 is 2.42 bits per heavy atom. The highest BCUT2D eigenvalue weighted by molar-refractivity contribution is 9.10. The zero-order chi connectivity index (χ0) is 13.7. The molecule has 3 nitrogen and oxygen atoms in total. The molecule has 0 amide bonds. The lowest BCUT2D eigenvalue weighted by Crippen LogP contribution is -2.12. The van der Waals surface area contributed by atoms with Gasteiger partial charge in [0.1, 0.15) is 12.0 Å². The molecule has 2 aromatic carbocycles. The Kier molecular flexibility index (Phi) is 4.47. The fraction of sp³-hybridized carbons (Fsp3) is 0.0667. The minimum absolute atomic E-state index is 0.0386. The van der Waals surface area contributed by atoms with Crippen LogP contribution in [0.2, 0.25) is 0 Å². The van der Waals surface area contributed by atoms with Gasteiger partial charge in [-0.1, -0.05) is 34.1 Å². The zero-order valence-electron chi connectivity index (χ0n) is 10.0. The Morgan fingerprint density at radius 1 is 1.11 bits per heavy atom. The molecule has 0 aliphatic carbocycles. The second-order valence-corrected chi connectivity index (χ2v) is 4.73. The van der Waals surface area contributed by atoms with Gasteiger partial charge in [0.15, 0.2) is 6.61 Å². The maximum Gasteiger partial charge on any atom is 0.201 e. The SMILES string of the molecule is O=Cc1ccc(OCC(=O)c2ccccc2Br)cc1. The highest BCUT2D eigenvalue weighted by atomic mass is 79.9. The van der Waals surface area contributed by atoms with Crippen LogP contribution in [-0.4, -0.2) is 18.7 Å². The number of rotatable bonds is 5. The molecule has 96 valence electrons. The van der Waals surface area contributed by atoms with Crippen molar-refractivity contribution in [3.63, 3.8) is 0 Å². The average molecular weight is 319 g/mol.